The van der Waals surface area contributed by atoms with Gasteiger partial charge in [-0.05, 0) is 30.4 Å². The summed E-state index contributed by atoms with van der Waals surface area (Å²) in [6, 6.07) is 10.2. The molecule has 1 atom stereocenters. The van der Waals surface area contributed by atoms with Gasteiger partial charge in [-0.3, -0.25) is 4.79 Å². The fraction of sp³-hybridized carbons (Fsp3) is 0.368. The molecule has 26 heavy (non-hydrogen) atoms. The molecule has 2 aromatic rings. The van der Waals surface area contributed by atoms with E-state index in [1.165, 1.54) is 6.07 Å². The van der Waals surface area contributed by atoms with E-state index in [1.54, 1.807) is 34.4 Å². The first kappa shape index (κ1) is 18.4. The second-order valence-electron chi connectivity index (χ2n) is 6.33. The smallest absolute Gasteiger partial charge is 0.317 e. The normalized spacial score (nSPS) is 17.0. The molecule has 0 aliphatic carbocycles. The maximum atomic E-state index is 13.6. The van der Waals surface area contributed by atoms with Crippen LogP contribution in [0, 0.1) is 11.7 Å². The number of thiophene rings is 1. The van der Waals surface area contributed by atoms with Crippen LogP contribution in [-0.2, 0) is 17.9 Å². The number of likely N-dealkylation sites (tertiary alicyclic amines) is 1. The number of carbonyl (C=O) groups is 2. The van der Waals surface area contributed by atoms with Crippen LogP contribution in [0.3, 0.4) is 0 Å². The van der Waals surface area contributed by atoms with Crippen molar-refractivity contribution in [2.75, 3.05) is 13.1 Å². The van der Waals surface area contributed by atoms with Crippen molar-refractivity contribution in [1.82, 2.24) is 15.5 Å². The second kappa shape index (κ2) is 8.80. The highest BCUT2D eigenvalue weighted by atomic mass is 32.1. The van der Waals surface area contributed by atoms with Gasteiger partial charge in [0.25, 0.3) is 0 Å². The molecule has 0 bridgehead atoms. The number of nitrogens with zero attached hydrogens (tertiary/aromatic N) is 1. The van der Waals surface area contributed by atoms with Gasteiger partial charge in [0.05, 0.1) is 12.5 Å². The number of amides is 3. The number of nitrogens with one attached hydrogen (secondary N) is 2. The molecular formula is C19H22FN3O2S. The van der Waals surface area contributed by atoms with E-state index < -0.39 is 0 Å². The predicted molar refractivity (Wildman–Crippen MR) is 99.1 cm³/mol. The molecule has 1 aromatic heterocycles. The number of hydrogen-bond donors (Lipinski definition) is 2. The molecule has 1 aromatic carbocycles. The first-order valence-corrected chi connectivity index (χ1v) is 9.57. The van der Waals surface area contributed by atoms with Gasteiger partial charge in [0.15, 0.2) is 0 Å². The molecule has 3 rings (SSSR count). The molecular weight excluding hydrogens is 353 g/mol. The van der Waals surface area contributed by atoms with Gasteiger partial charge in [0.1, 0.15) is 5.82 Å². The monoisotopic (exact) mass is 375 g/mol. The van der Waals surface area contributed by atoms with E-state index in [2.05, 4.69) is 10.6 Å². The lowest BCUT2D eigenvalue weighted by Gasteiger charge is -2.32. The summed E-state index contributed by atoms with van der Waals surface area (Å²) in [5.41, 5.74) is 0.460. The van der Waals surface area contributed by atoms with E-state index >= 15 is 0 Å². The molecule has 2 heterocycles. The Balaban J connectivity index is 1.48. The van der Waals surface area contributed by atoms with Gasteiger partial charge >= 0.3 is 6.03 Å². The minimum atomic E-state index is -0.328. The number of urea groups is 1. The molecule has 0 saturated carbocycles. The van der Waals surface area contributed by atoms with E-state index in [0.717, 1.165) is 17.7 Å². The molecule has 1 saturated heterocycles. The standard InChI is InChI=1S/C19H22FN3O2S/c20-17-8-2-1-5-14(17)11-21-18(24)15-6-3-9-23(13-15)19(25)22-12-16-7-4-10-26-16/h1-2,4-5,7-8,10,15H,3,6,9,11-13H2,(H,21,24)(H,22,25). The minimum absolute atomic E-state index is 0.135. The largest absolute Gasteiger partial charge is 0.352 e. The van der Waals surface area contributed by atoms with Gasteiger partial charge in [-0.2, -0.15) is 0 Å². The van der Waals surface area contributed by atoms with Crippen molar-refractivity contribution in [3.63, 3.8) is 0 Å². The Hall–Kier alpha value is -2.41. The van der Waals surface area contributed by atoms with Gasteiger partial charge < -0.3 is 15.5 Å². The summed E-state index contributed by atoms with van der Waals surface area (Å²) in [5.74, 6) is -0.724. The molecule has 5 nitrogen and oxygen atoms in total. The molecule has 7 heteroatoms. The van der Waals surface area contributed by atoms with Crippen LogP contribution in [0.5, 0.6) is 0 Å². The van der Waals surface area contributed by atoms with Crippen LogP contribution in [0.1, 0.15) is 23.3 Å². The number of halogens is 1. The Morgan fingerprint density at radius 2 is 2.00 bits per heavy atom. The summed E-state index contributed by atoms with van der Waals surface area (Å²) < 4.78 is 13.6. The van der Waals surface area contributed by atoms with Gasteiger partial charge in [-0.1, -0.05) is 24.3 Å². The third-order valence-corrected chi connectivity index (χ3v) is 5.36. The maximum Gasteiger partial charge on any atom is 0.317 e. The van der Waals surface area contributed by atoms with Crippen LogP contribution in [0.2, 0.25) is 0 Å². The SMILES string of the molecule is O=C(NCc1ccccc1F)C1CCCN(C(=O)NCc2cccs2)C1. The second-order valence-corrected chi connectivity index (χ2v) is 7.36. The van der Waals surface area contributed by atoms with E-state index in [-0.39, 0.29) is 30.2 Å². The van der Waals surface area contributed by atoms with Crippen LogP contribution in [0.4, 0.5) is 9.18 Å². The summed E-state index contributed by atoms with van der Waals surface area (Å²) in [6.07, 6.45) is 1.52. The van der Waals surface area contributed by atoms with Crippen molar-refractivity contribution in [2.45, 2.75) is 25.9 Å². The van der Waals surface area contributed by atoms with Crippen LogP contribution in [-0.4, -0.2) is 29.9 Å². The fourth-order valence-corrected chi connectivity index (χ4v) is 3.68. The summed E-state index contributed by atoms with van der Waals surface area (Å²) in [7, 11) is 0. The van der Waals surface area contributed by atoms with Gasteiger partial charge in [0.2, 0.25) is 5.91 Å². The third kappa shape index (κ3) is 4.82. The number of benzene rings is 1. The molecule has 3 amide bonds. The van der Waals surface area contributed by atoms with Crippen LogP contribution < -0.4 is 10.6 Å². The maximum absolute atomic E-state index is 13.6. The number of piperidine rings is 1. The van der Waals surface area contributed by atoms with Gasteiger partial charge in [-0.15, -0.1) is 11.3 Å². The number of hydrogen-bond acceptors (Lipinski definition) is 3. The van der Waals surface area contributed by atoms with Crippen LogP contribution in [0.25, 0.3) is 0 Å². The average molecular weight is 375 g/mol. The molecule has 0 spiro atoms. The Bertz CT molecular complexity index is 751. The van der Waals surface area contributed by atoms with Crippen molar-refractivity contribution >= 4 is 23.3 Å². The number of carbonyl (C=O) groups excluding carboxylic acids is 2. The van der Waals surface area contributed by atoms with E-state index in [4.69, 9.17) is 0 Å². The lowest BCUT2D eigenvalue weighted by molar-refractivity contribution is -0.126. The Morgan fingerprint density at radius 3 is 2.77 bits per heavy atom. The first-order chi connectivity index (χ1) is 12.6. The zero-order valence-electron chi connectivity index (χ0n) is 14.4. The molecule has 1 aliphatic heterocycles. The van der Waals surface area contributed by atoms with Crippen molar-refractivity contribution in [3.05, 3.63) is 58.0 Å². The van der Waals surface area contributed by atoms with Gasteiger partial charge in [-0.25, -0.2) is 9.18 Å². The van der Waals surface area contributed by atoms with Crippen LogP contribution >= 0.6 is 11.3 Å². The summed E-state index contributed by atoms with van der Waals surface area (Å²) in [6.45, 7) is 1.69. The summed E-state index contributed by atoms with van der Waals surface area (Å²) in [4.78, 5) is 27.5. The highest BCUT2D eigenvalue weighted by Crippen LogP contribution is 2.17. The number of rotatable bonds is 5. The molecule has 138 valence electrons. The minimum Gasteiger partial charge on any atom is -0.352 e. The van der Waals surface area contributed by atoms with E-state index in [1.807, 2.05) is 17.5 Å². The van der Waals surface area contributed by atoms with Crippen LogP contribution in [0.15, 0.2) is 41.8 Å². The van der Waals surface area contributed by atoms with Crippen molar-refractivity contribution in [1.29, 1.82) is 0 Å². The topological polar surface area (TPSA) is 61.4 Å². The van der Waals surface area contributed by atoms with Crippen molar-refractivity contribution in [2.24, 2.45) is 5.92 Å². The summed E-state index contributed by atoms with van der Waals surface area (Å²) >= 11 is 1.59. The van der Waals surface area contributed by atoms with E-state index in [0.29, 0.717) is 25.2 Å². The van der Waals surface area contributed by atoms with E-state index in [9.17, 15) is 14.0 Å². The van der Waals surface area contributed by atoms with Crippen molar-refractivity contribution in [3.8, 4) is 0 Å². The lowest BCUT2D eigenvalue weighted by atomic mass is 9.97. The van der Waals surface area contributed by atoms with Gasteiger partial charge in [0, 0.05) is 30.1 Å². The zero-order chi connectivity index (χ0) is 18.4. The average Bonchev–Trinajstić information content (AvgIpc) is 3.19. The quantitative estimate of drug-likeness (QED) is 0.843. The predicted octanol–water partition coefficient (Wildman–Crippen LogP) is 3.13. The third-order valence-electron chi connectivity index (χ3n) is 4.48. The Kier molecular flexibility index (Phi) is 6.22. The highest BCUT2D eigenvalue weighted by Gasteiger charge is 2.28. The Morgan fingerprint density at radius 1 is 1.15 bits per heavy atom. The molecule has 1 unspecified atom stereocenters. The lowest BCUT2D eigenvalue weighted by Crippen LogP contribution is -2.48. The molecule has 1 fully saturated rings. The zero-order valence-corrected chi connectivity index (χ0v) is 15.2. The summed E-state index contributed by atoms with van der Waals surface area (Å²) in [5, 5.41) is 7.65. The first-order valence-electron chi connectivity index (χ1n) is 8.70. The Labute approximate surface area is 156 Å². The highest BCUT2D eigenvalue weighted by molar-refractivity contribution is 7.09. The molecule has 1 aliphatic rings. The molecule has 0 radical (unpaired) electrons. The van der Waals surface area contributed by atoms with Crippen molar-refractivity contribution < 1.29 is 14.0 Å². The molecule has 2 N–H and O–H groups in total. The fourth-order valence-electron chi connectivity index (χ4n) is 3.03.